The Morgan fingerprint density at radius 2 is 2.13 bits per heavy atom. The van der Waals surface area contributed by atoms with E-state index in [-0.39, 0.29) is 6.54 Å². The highest BCUT2D eigenvalue weighted by Gasteiger charge is 2.37. The molecule has 7 heteroatoms. The fraction of sp³-hybridized carbons (Fsp3) is 0.500. The average Bonchev–Trinajstić information content (AvgIpc) is 2.49. The van der Waals surface area contributed by atoms with Gasteiger partial charge in [0.25, 0.3) is 0 Å². The highest BCUT2D eigenvalue weighted by molar-refractivity contribution is 14.1. The lowest BCUT2D eigenvalue weighted by atomic mass is 10.3. The highest BCUT2D eigenvalue weighted by Crippen LogP contribution is 2.19. The van der Waals surface area contributed by atoms with E-state index >= 15 is 0 Å². The summed E-state index contributed by atoms with van der Waals surface area (Å²) in [5.74, 6) is 0.536. The molecule has 0 aromatic carbocycles. The maximum absolute atomic E-state index is 11.9. The zero-order valence-electron chi connectivity index (χ0n) is 7.51. The van der Waals surface area contributed by atoms with Crippen LogP contribution in [0, 0.1) is 3.77 Å². The van der Waals surface area contributed by atoms with E-state index in [1.165, 1.54) is 0 Å². The minimum absolute atomic E-state index is 0.163. The fourth-order valence-electron chi connectivity index (χ4n) is 0.895. The van der Waals surface area contributed by atoms with Crippen LogP contribution in [0.2, 0.25) is 0 Å². The normalized spacial score (nSPS) is 14.2. The Morgan fingerprint density at radius 1 is 1.47 bits per heavy atom. The molecule has 1 atom stereocenters. The smallest absolute Gasteiger partial charge is 0.415 e. The number of nitrogens with one attached hydrogen (secondary N) is 1. The molecule has 15 heavy (non-hydrogen) atoms. The SMILES string of the molecule is OC(CNCc1ccc(I)o1)C(F)(F)F. The van der Waals surface area contributed by atoms with Gasteiger partial charge < -0.3 is 14.8 Å². The lowest BCUT2D eigenvalue weighted by molar-refractivity contribution is -0.201. The Bertz CT molecular complexity index is 313. The first-order chi connectivity index (χ1) is 6.89. The van der Waals surface area contributed by atoms with Crippen molar-refractivity contribution < 1.29 is 22.7 Å². The third-order valence-corrected chi connectivity index (χ3v) is 2.22. The van der Waals surface area contributed by atoms with Gasteiger partial charge in [-0.05, 0) is 34.7 Å². The van der Waals surface area contributed by atoms with Crippen LogP contribution in [-0.4, -0.2) is 23.9 Å². The van der Waals surface area contributed by atoms with E-state index in [0.717, 1.165) is 0 Å². The second kappa shape index (κ2) is 5.17. The van der Waals surface area contributed by atoms with Gasteiger partial charge in [0.1, 0.15) is 5.76 Å². The van der Waals surface area contributed by atoms with Gasteiger partial charge in [0.05, 0.1) is 6.54 Å². The van der Waals surface area contributed by atoms with Crippen molar-refractivity contribution in [2.75, 3.05) is 6.54 Å². The third-order valence-electron chi connectivity index (χ3n) is 1.64. The zero-order chi connectivity index (χ0) is 11.5. The van der Waals surface area contributed by atoms with Gasteiger partial charge in [-0.2, -0.15) is 13.2 Å². The van der Waals surface area contributed by atoms with Crippen molar-refractivity contribution in [3.05, 3.63) is 21.7 Å². The number of aliphatic hydroxyl groups excluding tert-OH is 1. The molecule has 1 heterocycles. The molecule has 0 aliphatic carbocycles. The molecule has 0 radical (unpaired) electrons. The Morgan fingerprint density at radius 3 is 2.60 bits per heavy atom. The predicted octanol–water partition coefficient (Wildman–Crippen LogP) is 1.90. The monoisotopic (exact) mass is 335 g/mol. The average molecular weight is 335 g/mol. The van der Waals surface area contributed by atoms with Gasteiger partial charge in [0.15, 0.2) is 9.87 Å². The molecule has 0 saturated carbocycles. The van der Waals surface area contributed by atoms with Crippen LogP contribution < -0.4 is 5.32 Å². The van der Waals surface area contributed by atoms with E-state index in [1.807, 2.05) is 22.6 Å². The first-order valence-corrected chi connectivity index (χ1v) is 5.17. The molecule has 0 bridgehead atoms. The number of furan rings is 1. The summed E-state index contributed by atoms with van der Waals surface area (Å²) >= 11 is 1.95. The number of rotatable bonds is 4. The molecular formula is C8H9F3INO2. The van der Waals surface area contributed by atoms with Crippen molar-refractivity contribution in [2.45, 2.75) is 18.8 Å². The zero-order valence-corrected chi connectivity index (χ0v) is 9.67. The molecule has 0 amide bonds. The molecule has 0 aliphatic rings. The largest absolute Gasteiger partial charge is 0.454 e. The Labute approximate surface area is 97.8 Å². The van der Waals surface area contributed by atoms with Gasteiger partial charge in [0, 0.05) is 6.54 Å². The van der Waals surface area contributed by atoms with E-state index in [0.29, 0.717) is 9.53 Å². The van der Waals surface area contributed by atoms with Crippen molar-refractivity contribution in [3.63, 3.8) is 0 Å². The first-order valence-electron chi connectivity index (χ1n) is 4.09. The molecule has 1 unspecified atom stereocenters. The Kier molecular flexibility index (Phi) is 4.41. The summed E-state index contributed by atoms with van der Waals surface area (Å²) in [6.45, 7) is -0.378. The first kappa shape index (κ1) is 12.8. The number of aliphatic hydroxyl groups is 1. The summed E-state index contributed by atoms with van der Waals surface area (Å²) in [5, 5.41) is 11.1. The molecule has 3 nitrogen and oxygen atoms in total. The minimum Gasteiger partial charge on any atom is -0.454 e. The van der Waals surface area contributed by atoms with Gasteiger partial charge in [0.2, 0.25) is 0 Å². The molecule has 86 valence electrons. The Hall–Kier alpha value is -0.280. The standard InChI is InChI=1S/C8H9F3INO2/c9-8(10,11)6(14)4-13-3-5-1-2-7(12)15-5/h1-2,6,13-14H,3-4H2. The maximum atomic E-state index is 11.9. The number of alkyl halides is 3. The number of hydrogen-bond acceptors (Lipinski definition) is 3. The fourth-order valence-corrected chi connectivity index (χ4v) is 1.36. The van der Waals surface area contributed by atoms with E-state index in [9.17, 15) is 13.2 Å². The van der Waals surface area contributed by atoms with E-state index in [1.54, 1.807) is 12.1 Å². The second-order valence-corrected chi connectivity index (χ2v) is 3.96. The van der Waals surface area contributed by atoms with Crippen molar-refractivity contribution >= 4 is 22.6 Å². The van der Waals surface area contributed by atoms with Crippen LogP contribution in [-0.2, 0) is 6.54 Å². The molecule has 2 N–H and O–H groups in total. The van der Waals surface area contributed by atoms with Gasteiger partial charge >= 0.3 is 6.18 Å². The summed E-state index contributed by atoms with van der Waals surface area (Å²) in [7, 11) is 0. The lowest BCUT2D eigenvalue weighted by Gasteiger charge is -2.14. The molecule has 0 aliphatic heterocycles. The van der Waals surface area contributed by atoms with Crippen molar-refractivity contribution in [1.29, 1.82) is 0 Å². The summed E-state index contributed by atoms with van der Waals surface area (Å²) in [6, 6.07) is 3.37. The van der Waals surface area contributed by atoms with E-state index in [2.05, 4.69) is 5.32 Å². The van der Waals surface area contributed by atoms with Crippen LogP contribution in [0.1, 0.15) is 5.76 Å². The molecule has 0 fully saturated rings. The van der Waals surface area contributed by atoms with E-state index in [4.69, 9.17) is 9.52 Å². The molecule has 0 saturated heterocycles. The Balaban J connectivity index is 2.28. The van der Waals surface area contributed by atoms with Crippen LogP contribution in [0.5, 0.6) is 0 Å². The van der Waals surface area contributed by atoms with Crippen molar-refractivity contribution in [1.82, 2.24) is 5.32 Å². The van der Waals surface area contributed by atoms with Gasteiger partial charge in [-0.1, -0.05) is 0 Å². The van der Waals surface area contributed by atoms with Crippen LogP contribution in [0.4, 0.5) is 13.2 Å². The molecule has 1 rings (SSSR count). The number of halogens is 4. The number of hydrogen-bond donors (Lipinski definition) is 2. The lowest BCUT2D eigenvalue weighted by Crippen LogP contribution is -2.38. The van der Waals surface area contributed by atoms with E-state index < -0.39 is 18.8 Å². The summed E-state index contributed by atoms with van der Waals surface area (Å²) in [4.78, 5) is 0. The second-order valence-electron chi connectivity index (χ2n) is 2.89. The van der Waals surface area contributed by atoms with Crippen molar-refractivity contribution in [2.24, 2.45) is 0 Å². The molecule has 0 spiro atoms. The predicted molar refractivity (Wildman–Crippen MR) is 55.2 cm³/mol. The highest BCUT2D eigenvalue weighted by atomic mass is 127. The topological polar surface area (TPSA) is 45.4 Å². The van der Waals surface area contributed by atoms with Gasteiger partial charge in [-0.25, -0.2) is 0 Å². The summed E-state index contributed by atoms with van der Waals surface area (Å²) < 4.78 is 41.4. The van der Waals surface area contributed by atoms with Crippen molar-refractivity contribution in [3.8, 4) is 0 Å². The van der Waals surface area contributed by atoms with Crippen LogP contribution >= 0.6 is 22.6 Å². The molecule has 1 aromatic rings. The molecule has 1 aromatic heterocycles. The van der Waals surface area contributed by atoms with Crippen LogP contribution in [0.3, 0.4) is 0 Å². The van der Waals surface area contributed by atoms with Crippen LogP contribution in [0.25, 0.3) is 0 Å². The van der Waals surface area contributed by atoms with Crippen LogP contribution in [0.15, 0.2) is 16.5 Å². The summed E-state index contributed by atoms with van der Waals surface area (Å²) in [6.07, 6.45) is -6.92. The van der Waals surface area contributed by atoms with Gasteiger partial charge in [-0.3, -0.25) is 0 Å². The quantitative estimate of drug-likeness (QED) is 0.827. The van der Waals surface area contributed by atoms with Gasteiger partial charge in [-0.15, -0.1) is 0 Å². The summed E-state index contributed by atoms with van der Waals surface area (Å²) in [5.41, 5.74) is 0. The maximum Gasteiger partial charge on any atom is 0.415 e. The minimum atomic E-state index is -4.58. The third kappa shape index (κ3) is 4.39. The molecular weight excluding hydrogens is 326 g/mol.